The second-order valence-corrected chi connectivity index (χ2v) is 6.71. The van der Waals surface area contributed by atoms with E-state index < -0.39 is 0 Å². The van der Waals surface area contributed by atoms with Gasteiger partial charge in [0.25, 0.3) is 0 Å². The standard InChI is InChI=1S/C22H21N5O3/c1-15-13-16(2)27(26-15)20-14-19(24-22(25-20)18-9-6-11-30-18)23-21(28)10-12-29-17-7-4-3-5-8-17/h3-9,11,13-14H,10,12H2,1-2H3,(H,23,24,25,28). The van der Waals surface area contributed by atoms with Gasteiger partial charge in [0, 0.05) is 11.8 Å². The molecule has 0 fully saturated rings. The van der Waals surface area contributed by atoms with Crippen LogP contribution >= 0.6 is 0 Å². The fraction of sp³-hybridized carbons (Fsp3) is 0.182. The van der Waals surface area contributed by atoms with Gasteiger partial charge in [0.1, 0.15) is 11.6 Å². The van der Waals surface area contributed by atoms with Crippen molar-refractivity contribution < 1.29 is 13.9 Å². The zero-order valence-corrected chi connectivity index (χ0v) is 16.7. The highest BCUT2D eigenvalue weighted by molar-refractivity contribution is 5.90. The van der Waals surface area contributed by atoms with Crippen LogP contribution in [0.25, 0.3) is 17.4 Å². The predicted molar refractivity (Wildman–Crippen MR) is 112 cm³/mol. The molecule has 0 radical (unpaired) electrons. The third-order valence-electron chi connectivity index (χ3n) is 4.29. The van der Waals surface area contributed by atoms with Gasteiger partial charge in [0.05, 0.1) is 25.0 Å². The summed E-state index contributed by atoms with van der Waals surface area (Å²) in [5, 5.41) is 7.28. The Morgan fingerprint density at radius 3 is 2.63 bits per heavy atom. The number of anilines is 1. The van der Waals surface area contributed by atoms with Gasteiger partial charge in [-0.1, -0.05) is 18.2 Å². The van der Waals surface area contributed by atoms with Crippen molar-refractivity contribution in [1.82, 2.24) is 19.7 Å². The van der Waals surface area contributed by atoms with Gasteiger partial charge in [-0.2, -0.15) is 5.10 Å². The molecule has 0 aliphatic heterocycles. The van der Waals surface area contributed by atoms with E-state index in [1.54, 1.807) is 29.1 Å². The zero-order chi connectivity index (χ0) is 20.9. The lowest BCUT2D eigenvalue weighted by molar-refractivity contribution is -0.116. The number of furan rings is 1. The van der Waals surface area contributed by atoms with E-state index in [0.717, 1.165) is 17.1 Å². The van der Waals surface area contributed by atoms with Gasteiger partial charge in [-0.15, -0.1) is 0 Å². The molecule has 1 aromatic carbocycles. The largest absolute Gasteiger partial charge is 0.493 e. The molecule has 0 saturated carbocycles. The number of ether oxygens (including phenoxy) is 1. The maximum absolute atomic E-state index is 12.4. The second kappa shape index (κ2) is 8.60. The van der Waals surface area contributed by atoms with Gasteiger partial charge < -0.3 is 14.5 Å². The van der Waals surface area contributed by atoms with E-state index in [2.05, 4.69) is 20.4 Å². The number of amides is 1. The molecule has 4 rings (SSSR count). The summed E-state index contributed by atoms with van der Waals surface area (Å²) in [6.45, 7) is 4.11. The molecule has 30 heavy (non-hydrogen) atoms. The summed E-state index contributed by atoms with van der Waals surface area (Å²) in [7, 11) is 0. The summed E-state index contributed by atoms with van der Waals surface area (Å²) in [6, 6.07) is 16.5. The summed E-state index contributed by atoms with van der Waals surface area (Å²) in [5.74, 6) is 2.28. The van der Waals surface area contributed by atoms with Crippen LogP contribution in [-0.4, -0.2) is 32.3 Å². The number of carbonyl (C=O) groups is 1. The van der Waals surface area contributed by atoms with E-state index in [0.29, 0.717) is 23.2 Å². The molecule has 1 amide bonds. The van der Waals surface area contributed by atoms with Crippen LogP contribution in [0.4, 0.5) is 5.82 Å². The van der Waals surface area contributed by atoms with Crippen LogP contribution in [0.15, 0.2) is 65.3 Å². The molecule has 4 aromatic rings. The summed E-state index contributed by atoms with van der Waals surface area (Å²) < 4.78 is 12.7. The molecule has 3 heterocycles. The number of aryl methyl sites for hydroxylation is 2. The summed E-state index contributed by atoms with van der Waals surface area (Å²) in [4.78, 5) is 21.4. The third kappa shape index (κ3) is 4.54. The molecular weight excluding hydrogens is 382 g/mol. The van der Waals surface area contributed by atoms with Crippen molar-refractivity contribution in [3.05, 3.63) is 72.2 Å². The van der Waals surface area contributed by atoms with Crippen molar-refractivity contribution >= 4 is 11.7 Å². The maximum atomic E-state index is 12.4. The lowest BCUT2D eigenvalue weighted by Crippen LogP contribution is -2.17. The highest BCUT2D eigenvalue weighted by Gasteiger charge is 2.14. The van der Waals surface area contributed by atoms with Crippen LogP contribution in [-0.2, 0) is 4.79 Å². The fourth-order valence-electron chi connectivity index (χ4n) is 2.97. The Labute approximate surface area is 173 Å². The van der Waals surface area contributed by atoms with Crippen molar-refractivity contribution in [1.29, 1.82) is 0 Å². The Hall–Kier alpha value is -3.94. The van der Waals surface area contributed by atoms with Gasteiger partial charge in [-0.3, -0.25) is 4.79 Å². The first kappa shape index (κ1) is 19.4. The number of carbonyl (C=O) groups excluding carboxylic acids is 1. The Balaban J connectivity index is 1.53. The number of hydrogen-bond acceptors (Lipinski definition) is 6. The molecule has 0 atom stereocenters. The SMILES string of the molecule is Cc1cc(C)n(-c2cc(NC(=O)CCOc3ccccc3)nc(-c3ccco3)n2)n1. The number of rotatable bonds is 7. The molecule has 8 nitrogen and oxygen atoms in total. The number of hydrogen-bond donors (Lipinski definition) is 1. The van der Waals surface area contributed by atoms with E-state index >= 15 is 0 Å². The molecule has 1 N–H and O–H groups in total. The van der Waals surface area contributed by atoms with E-state index in [1.807, 2.05) is 50.2 Å². The summed E-state index contributed by atoms with van der Waals surface area (Å²) in [6.07, 6.45) is 1.73. The van der Waals surface area contributed by atoms with Crippen molar-refractivity contribution in [3.63, 3.8) is 0 Å². The van der Waals surface area contributed by atoms with E-state index in [-0.39, 0.29) is 18.9 Å². The average molecular weight is 403 g/mol. The minimum absolute atomic E-state index is 0.185. The quantitative estimate of drug-likeness (QED) is 0.502. The Kier molecular flexibility index (Phi) is 5.56. The topological polar surface area (TPSA) is 95.1 Å². The van der Waals surface area contributed by atoms with Crippen molar-refractivity contribution in [2.24, 2.45) is 0 Å². The first-order valence-corrected chi connectivity index (χ1v) is 9.53. The highest BCUT2D eigenvalue weighted by atomic mass is 16.5. The van der Waals surface area contributed by atoms with Gasteiger partial charge in [-0.05, 0) is 44.2 Å². The monoisotopic (exact) mass is 403 g/mol. The van der Waals surface area contributed by atoms with Gasteiger partial charge in [0.2, 0.25) is 5.91 Å². The zero-order valence-electron chi connectivity index (χ0n) is 16.7. The van der Waals surface area contributed by atoms with Gasteiger partial charge in [0.15, 0.2) is 17.4 Å². The summed E-state index contributed by atoms with van der Waals surface area (Å²) >= 11 is 0. The van der Waals surface area contributed by atoms with E-state index in [1.165, 1.54) is 0 Å². The van der Waals surface area contributed by atoms with E-state index in [9.17, 15) is 4.79 Å². The Bertz CT molecular complexity index is 1140. The van der Waals surface area contributed by atoms with E-state index in [4.69, 9.17) is 9.15 Å². The second-order valence-electron chi connectivity index (χ2n) is 6.71. The van der Waals surface area contributed by atoms with Crippen LogP contribution in [0.2, 0.25) is 0 Å². The van der Waals surface area contributed by atoms with Crippen molar-refractivity contribution in [3.8, 4) is 23.2 Å². The van der Waals surface area contributed by atoms with Crippen LogP contribution in [0.1, 0.15) is 17.8 Å². The maximum Gasteiger partial charge on any atom is 0.228 e. The molecule has 0 bridgehead atoms. The molecule has 0 aliphatic carbocycles. The number of benzene rings is 1. The normalized spacial score (nSPS) is 10.7. The Morgan fingerprint density at radius 2 is 1.93 bits per heavy atom. The third-order valence-corrected chi connectivity index (χ3v) is 4.29. The predicted octanol–water partition coefficient (Wildman–Crippen LogP) is 3.95. The molecule has 152 valence electrons. The number of para-hydroxylation sites is 1. The first-order chi connectivity index (χ1) is 14.6. The fourth-order valence-corrected chi connectivity index (χ4v) is 2.97. The Morgan fingerprint density at radius 1 is 1.10 bits per heavy atom. The van der Waals surface area contributed by atoms with Crippen LogP contribution in [0.3, 0.4) is 0 Å². The number of aromatic nitrogens is 4. The summed E-state index contributed by atoms with van der Waals surface area (Å²) in [5.41, 5.74) is 1.79. The van der Waals surface area contributed by atoms with Crippen LogP contribution < -0.4 is 10.1 Å². The minimum atomic E-state index is -0.214. The van der Waals surface area contributed by atoms with Crippen LogP contribution in [0, 0.1) is 13.8 Å². The lowest BCUT2D eigenvalue weighted by atomic mass is 10.3. The van der Waals surface area contributed by atoms with Gasteiger partial charge >= 0.3 is 0 Å². The molecule has 0 spiro atoms. The first-order valence-electron chi connectivity index (χ1n) is 9.53. The lowest BCUT2D eigenvalue weighted by Gasteiger charge is -2.10. The molecule has 8 heteroatoms. The van der Waals surface area contributed by atoms with Gasteiger partial charge in [-0.25, -0.2) is 14.6 Å². The molecule has 0 saturated heterocycles. The highest BCUT2D eigenvalue weighted by Crippen LogP contribution is 2.21. The van der Waals surface area contributed by atoms with Crippen molar-refractivity contribution in [2.75, 3.05) is 11.9 Å². The minimum Gasteiger partial charge on any atom is -0.493 e. The van der Waals surface area contributed by atoms with Crippen molar-refractivity contribution in [2.45, 2.75) is 20.3 Å². The molecule has 0 aliphatic rings. The smallest absolute Gasteiger partial charge is 0.228 e. The number of nitrogens with zero attached hydrogens (tertiary/aromatic N) is 4. The molecule has 3 aromatic heterocycles. The average Bonchev–Trinajstić information content (AvgIpc) is 3.38. The molecule has 0 unspecified atom stereocenters. The van der Waals surface area contributed by atoms with Crippen LogP contribution in [0.5, 0.6) is 5.75 Å². The molecular formula is C22H21N5O3. The number of nitrogens with one attached hydrogen (secondary N) is 1.